The number of para-hydroxylation sites is 1. The van der Waals surface area contributed by atoms with Crippen molar-refractivity contribution in [3.05, 3.63) is 29.7 Å². The Morgan fingerprint density at radius 2 is 2.20 bits per heavy atom. The second kappa shape index (κ2) is 4.21. The first kappa shape index (κ1) is 10.5. The highest BCUT2D eigenvalue weighted by Crippen LogP contribution is 2.21. The van der Waals surface area contributed by atoms with Gasteiger partial charge in [-0.25, -0.2) is 4.98 Å². The molecule has 0 amide bonds. The lowest BCUT2D eigenvalue weighted by Crippen LogP contribution is -1.99. The van der Waals surface area contributed by atoms with Gasteiger partial charge in [-0.1, -0.05) is 12.1 Å². The Balaban J connectivity index is 2.60. The summed E-state index contributed by atoms with van der Waals surface area (Å²) in [7, 11) is 0. The molecule has 0 aliphatic heterocycles. The number of halogens is 2. The average Bonchev–Trinajstić information content (AvgIpc) is 2.71. The SMILES string of the molecule is O=C(CCl)c1nc2cccc(CCl)c2o1. The zero-order valence-corrected chi connectivity index (χ0v) is 9.18. The number of alkyl halides is 2. The molecule has 0 aliphatic carbocycles. The predicted octanol–water partition coefficient (Wildman–Crippen LogP) is 2.99. The van der Waals surface area contributed by atoms with Crippen LogP contribution in [0.25, 0.3) is 11.1 Å². The summed E-state index contributed by atoms with van der Waals surface area (Å²) in [5.74, 6) is -0.102. The number of aromatic nitrogens is 1. The maximum Gasteiger partial charge on any atom is 0.265 e. The van der Waals surface area contributed by atoms with Crippen LogP contribution in [0.4, 0.5) is 0 Å². The van der Waals surface area contributed by atoms with E-state index in [-0.39, 0.29) is 17.6 Å². The van der Waals surface area contributed by atoms with E-state index in [1.165, 1.54) is 0 Å². The Hall–Kier alpha value is -1.06. The van der Waals surface area contributed by atoms with Crippen molar-refractivity contribution in [3.8, 4) is 0 Å². The third kappa shape index (κ3) is 1.85. The zero-order valence-electron chi connectivity index (χ0n) is 7.67. The normalized spacial score (nSPS) is 10.8. The third-order valence-electron chi connectivity index (χ3n) is 2.00. The highest BCUT2D eigenvalue weighted by molar-refractivity contribution is 6.29. The van der Waals surface area contributed by atoms with E-state index in [4.69, 9.17) is 27.6 Å². The van der Waals surface area contributed by atoms with Crippen molar-refractivity contribution < 1.29 is 9.21 Å². The minimum atomic E-state index is -0.326. The van der Waals surface area contributed by atoms with E-state index in [1.807, 2.05) is 12.1 Å². The molecule has 1 aromatic heterocycles. The minimum absolute atomic E-state index is 0.0394. The number of hydrogen-bond donors (Lipinski definition) is 0. The number of fused-ring (bicyclic) bond motifs is 1. The van der Waals surface area contributed by atoms with E-state index in [0.29, 0.717) is 17.0 Å². The van der Waals surface area contributed by atoms with Gasteiger partial charge in [-0.15, -0.1) is 23.2 Å². The molecule has 5 heteroatoms. The topological polar surface area (TPSA) is 43.1 Å². The van der Waals surface area contributed by atoms with E-state index in [0.717, 1.165) is 5.56 Å². The average molecular weight is 244 g/mol. The highest BCUT2D eigenvalue weighted by atomic mass is 35.5. The second-order valence-electron chi connectivity index (χ2n) is 2.97. The maximum atomic E-state index is 11.3. The van der Waals surface area contributed by atoms with Crippen LogP contribution in [0.2, 0.25) is 0 Å². The molecule has 1 heterocycles. The van der Waals surface area contributed by atoms with Crippen LogP contribution >= 0.6 is 23.2 Å². The molecule has 0 radical (unpaired) electrons. The van der Waals surface area contributed by atoms with Crippen LogP contribution in [0.15, 0.2) is 22.6 Å². The third-order valence-corrected chi connectivity index (χ3v) is 2.53. The van der Waals surface area contributed by atoms with E-state index in [1.54, 1.807) is 6.07 Å². The Morgan fingerprint density at radius 3 is 2.87 bits per heavy atom. The zero-order chi connectivity index (χ0) is 10.8. The van der Waals surface area contributed by atoms with Gasteiger partial charge in [-0.3, -0.25) is 4.79 Å². The standard InChI is InChI=1S/C10H7Cl2NO2/c11-4-6-2-1-3-7-9(6)15-10(13-7)8(14)5-12/h1-3H,4-5H2. The van der Waals surface area contributed by atoms with E-state index < -0.39 is 0 Å². The Labute approximate surface area is 96.0 Å². The van der Waals surface area contributed by atoms with Crippen molar-refractivity contribution in [2.24, 2.45) is 0 Å². The first-order valence-electron chi connectivity index (χ1n) is 4.30. The van der Waals surface area contributed by atoms with Crippen molar-refractivity contribution in [1.82, 2.24) is 4.98 Å². The summed E-state index contributed by atoms with van der Waals surface area (Å²) in [6, 6.07) is 5.41. The second-order valence-corrected chi connectivity index (χ2v) is 3.51. The van der Waals surface area contributed by atoms with Gasteiger partial charge < -0.3 is 4.42 Å². The lowest BCUT2D eigenvalue weighted by atomic mass is 10.2. The molecule has 1 aromatic carbocycles. The van der Waals surface area contributed by atoms with Crippen molar-refractivity contribution in [2.75, 3.05) is 5.88 Å². The van der Waals surface area contributed by atoms with Crippen molar-refractivity contribution in [3.63, 3.8) is 0 Å². The number of carbonyl (C=O) groups is 1. The molecule has 78 valence electrons. The van der Waals surface area contributed by atoms with Crippen LogP contribution < -0.4 is 0 Å². The number of carbonyl (C=O) groups excluding carboxylic acids is 1. The Kier molecular flexibility index (Phi) is 2.93. The number of rotatable bonds is 3. The van der Waals surface area contributed by atoms with Gasteiger partial charge in [0.2, 0.25) is 5.78 Å². The fourth-order valence-electron chi connectivity index (χ4n) is 1.29. The summed E-state index contributed by atoms with van der Waals surface area (Å²) in [6.07, 6.45) is 0. The summed E-state index contributed by atoms with van der Waals surface area (Å²) in [5.41, 5.74) is 2.00. The molecule has 0 spiro atoms. The van der Waals surface area contributed by atoms with Gasteiger partial charge in [0.15, 0.2) is 5.58 Å². The molecule has 3 nitrogen and oxygen atoms in total. The molecule has 0 N–H and O–H groups in total. The summed E-state index contributed by atoms with van der Waals surface area (Å²) < 4.78 is 5.31. The molecule has 2 rings (SSSR count). The number of hydrogen-bond acceptors (Lipinski definition) is 3. The Bertz CT molecular complexity index is 507. The first-order chi connectivity index (χ1) is 7.26. The highest BCUT2D eigenvalue weighted by Gasteiger charge is 2.14. The number of nitrogens with zero attached hydrogens (tertiary/aromatic N) is 1. The molecule has 0 fully saturated rings. The van der Waals surface area contributed by atoms with Gasteiger partial charge in [0.1, 0.15) is 5.52 Å². The molecular weight excluding hydrogens is 237 g/mol. The lowest BCUT2D eigenvalue weighted by Gasteiger charge is -1.93. The quantitative estimate of drug-likeness (QED) is 0.615. The summed E-state index contributed by atoms with van der Waals surface area (Å²) >= 11 is 11.1. The summed E-state index contributed by atoms with van der Waals surface area (Å²) in [6.45, 7) is 0. The number of ketones is 1. The van der Waals surface area contributed by atoms with Crippen LogP contribution in [0.5, 0.6) is 0 Å². The van der Waals surface area contributed by atoms with Crippen LogP contribution in [0.3, 0.4) is 0 Å². The largest absolute Gasteiger partial charge is 0.433 e. The van der Waals surface area contributed by atoms with Gasteiger partial charge in [-0.05, 0) is 6.07 Å². The molecule has 2 aromatic rings. The fraction of sp³-hybridized carbons (Fsp3) is 0.200. The van der Waals surface area contributed by atoms with Crippen LogP contribution in [0, 0.1) is 0 Å². The monoisotopic (exact) mass is 243 g/mol. The first-order valence-corrected chi connectivity index (χ1v) is 5.36. The van der Waals surface area contributed by atoms with Gasteiger partial charge in [0.05, 0.1) is 11.8 Å². The fourth-order valence-corrected chi connectivity index (χ4v) is 1.61. The van der Waals surface area contributed by atoms with Crippen LogP contribution in [-0.2, 0) is 5.88 Å². The van der Waals surface area contributed by atoms with Crippen molar-refractivity contribution in [1.29, 1.82) is 0 Å². The molecule has 0 bridgehead atoms. The van der Waals surface area contributed by atoms with Gasteiger partial charge >= 0.3 is 0 Å². The minimum Gasteiger partial charge on any atom is -0.433 e. The molecule has 0 aliphatic rings. The van der Waals surface area contributed by atoms with Crippen LogP contribution in [-0.4, -0.2) is 16.6 Å². The maximum absolute atomic E-state index is 11.3. The van der Waals surface area contributed by atoms with Crippen LogP contribution in [0.1, 0.15) is 16.2 Å². The number of benzene rings is 1. The smallest absolute Gasteiger partial charge is 0.265 e. The van der Waals surface area contributed by atoms with Crippen molar-refractivity contribution >= 4 is 40.1 Å². The summed E-state index contributed by atoms with van der Waals surface area (Å²) in [5, 5.41) is 0. The van der Waals surface area contributed by atoms with Gasteiger partial charge in [0.25, 0.3) is 5.89 Å². The van der Waals surface area contributed by atoms with E-state index in [9.17, 15) is 4.79 Å². The number of oxazole rings is 1. The van der Waals surface area contributed by atoms with Gasteiger partial charge in [-0.2, -0.15) is 0 Å². The molecule has 0 atom stereocenters. The van der Waals surface area contributed by atoms with E-state index >= 15 is 0 Å². The molecular formula is C10H7Cl2NO2. The lowest BCUT2D eigenvalue weighted by molar-refractivity contribution is 0.0986. The molecule has 15 heavy (non-hydrogen) atoms. The summed E-state index contributed by atoms with van der Waals surface area (Å²) in [4.78, 5) is 15.3. The molecule has 0 saturated heterocycles. The molecule has 0 saturated carbocycles. The molecule has 0 unspecified atom stereocenters. The Morgan fingerprint density at radius 1 is 1.40 bits per heavy atom. The van der Waals surface area contributed by atoms with Crippen molar-refractivity contribution in [2.45, 2.75) is 5.88 Å². The number of Topliss-reactive ketones (excluding diaryl/α,β-unsaturated/α-hetero) is 1. The predicted molar refractivity (Wildman–Crippen MR) is 58.6 cm³/mol. The van der Waals surface area contributed by atoms with E-state index in [2.05, 4.69) is 4.98 Å². The van der Waals surface area contributed by atoms with Gasteiger partial charge in [0, 0.05) is 5.56 Å².